The number of benzene rings is 1. The van der Waals surface area contributed by atoms with Crippen LogP contribution in [0.1, 0.15) is 12.5 Å². The highest BCUT2D eigenvalue weighted by Gasteiger charge is 2.34. The Morgan fingerprint density at radius 1 is 1.47 bits per heavy atom. The summed E-state index contributed by atoms with van der Waals surface area (Å²) >= 11 is 0. The predicted octanol–water partition coefficient (Wildman–Crippen LogP) is 1.93. The van der Waals surface area contributed by atoms with Crippen LogP contribution in [-0.4, -0.2) is 13.1 Å². The molecule has 0 aromatic heterocycles. The standard InChI is InChI=1S/C12H13NO2/c1-12(9-13,11(14)15-2)8-10-6-4-3-5-7-10/h3-7H,8H2,1-2H3/t12-/m1/s1. The van der Waals surface area contributed by atoms with Gasteiger partial charge in [-0.1, -0.05) is 30.3 Å². The van der Waals surface area contributed by atoms with E-state index in [0.29, 0.717) is 6.42 Å². The number of nitriles is 1. The van der Waals surface area contributed by atoms with Crippen molar-refractivity contribution in [3.8, 4) is 6.07 Å². The van der Waals surface area contributed by atoms with Crippen molar-refractivity contribution in [3.63, 3.8) is 0 Å². The van der Waals surface area contributed by atoms with Crippen LogP contribution in [0.4, 0.5) is 0 Å². The Hall–Kier alpha value is -1.82. The van der Waals surface area contributed by atoms with Crippen LogP contribution < -0.4 is 0 Å². The Balaban J connectivity index is 2.88. The Morgan fingerprint density at radius 2 is 2.07 bits per heavy atom. The molecule has 0 saturated heterocycles. The molecule has 3 heteroatoms. The molecule has 0 heterocycles. The number of esters is 1. The molecule has 1 rings (SSSR count). The maximum absolute atomic E-state index is 11.4. The maximum Gasteiger partial charge on any atom is 0.326 e. The van der Waals surface area contributed by atoms with Gasteiger partial charge in [0.1, 0.15) is 0 Å². The predicted molar refractivity (Wildman–Crippen MR) is 55.9 cm³/mol. The molecule has 0 aliphatic heterocycles. The number of hydrogen-bond acceptors (Lipinski definition) is 3. The van der Waals surface area contributed by atoms with Crippen molar-refractivity contribution in [2.75, 3.05) is 7.11 Å². The van der Waals surface area contributed by atoms with Crippen LogP contribution in [0.25, 0.3) is 0 Å². The first-order valence-electron chi connectivity index (χ1n) is 4.66. The summed E-state index contributed by atoms with van der Waals surface area (Å²) < 4.78 is 4.62. The smallest absolute Gasteiger partial charge is 0.326 e. The first-order chi connectivity index (χ1) is 7.12. The zero-order chi connectivity index (χ0) is 11.3. The first kappa shape index (κ1) is 11.3. The van der Waals surface area contributed by atoms with Gasteiger partial charge in [-0.2, -0.15) is 5.26 Å². The van der Waals surface area contributed by atoms with Gasteiger partial charge in [0.2, 0.25) is 0 Å². The van der Waals surface area contributed by atoms with Crippen LogP contribution in [0.15, 0.2) is 30.3 Å². The van der Waals surface area contributed by atoms with Crippen molar-refractivity contribution in [1.82, 2.24) is 0 Å². The summed E-state index contributed by atoms with van der Waals surface area (Å²) in [5.74, 6) is -0.492. The topological polar surface area (TPSA) is 50.1 Å². The second kappa shape index (κ2) is 4.61. The molecular formula is C12H13NO2. The van der Waals surface area contributed by atoms with Gasteiger partial charge in [-0.25, -0.2) is 0 Å². The Morgan fingerprint density at radius 3 is 2.53 bits per heavy atom. The molecule has 0 fully saturated rings. The molecule has 15 heavy (non-hydrogen) atoms. The molecular weight excluding hydrogens is 190 g/mol. The van der Waals surface area contributed by atoms with Crippen molar-refractivity contribution in [1.29, 1.82) is 5.26 Å². The SMILES string of the molecule is COC(=O)[C@@](C)(C#N)Cc1ccccc1. The van der Waals surface area contributed by atoms with E-state index in [2.05, 4.69) is 4.74 Å². The zero-order valence-electron chi connectivity index (χ0n) is 8.86. The Kier molecular flexibility index (Phi) is 3.46. The van der Waals surface area contributed by atoms with Crippen LogP contribution in [0.5, 0.6) is 0 Å². The fraction of sp³-hybridized carbons (Fsp3) is 0.333. The largest absolute Gasteiger partial charge is 0.468 e. The molecule has 0 saturated carbocycles. The van der Waals surface area contributed by atoms with Crippen LogP contribution >= 0.6 is 0 Å². The molecule has 0 amide bonds. The minimum Gasteiger partial charge on any atom is -0.468 e. The van der Waals surface area contributed by atoms with Gasteiger partial charge in [-0.15, -0.1) is 0 Å². The molecule has 0 aliphatic rings. The van der Waals surface area contributed by atoms with E-state index in [-0.39, 0.29) is 0 Å². The number of carbonyl (C=O) groups is 1. The van der Waals surface area contributed by atoms with E-state index in [1.54, 1.807) is 6.92 Å². The first-order valence-corrected chi connectivity index (χ1v) is 4.66. The Bertz CT molecular complexity index is 380. The van der Waals surface area contributed by atoms with Crippen molar-refractivity contribution >= 4 is 5.97 Å². The lowest BCUT2D eigenvalue weighted by Gasteiger charge is -2.18. The lowest BCUT2D eigenvalue weighted by molar-refractivity contribution is -0.148. The van der Waals surface area contributed by atoms with E-state index < -0.39 is 11.4 Å². The summed E-state index contributed by atoms with van der Waals surface area (Å²) in [6.45, 7) is 1.59. The van der Waals surface area contributed by atoms with E-state index in [0.717, 1.165) is 5.56 Å². The molecule has 0 aliphatic carbocycles. The summed E-state index contributed by atoms with van der Waals surface area (Å²) in [4.78, 5) is 11.4. The average Bonchev–Trinajstić information content (AvgIpc) is 2.29. The number of methoxy groups -OCH3 is 1. The third kappa shape index (κ3) is 2.57. The van der Waals surface area contributed by atoms with Crippen LogP contribution in [0.3, 0.4) is 0 Å². The molecule has 0 N–H and O–H groups in total. The molecule has 78 valence electrons. The molecule has 1 aromatic carbocycles. The zero-order valence-corrected chi connectivity index (χ0v) is 8.86. The monoisotopic (exact) mass is 203 g/mol. The molecule has 0 spiro atoms. The summed E-state index contributed by atoms with van der Waals surface area (Å²) in [5.41, 5.74) is -0.150. The van der Waals surface area contributed by atoms with Gasteiger partial charge in [0, 0.05) is 6.42 Å². The van der Waals surface area contributed by atoms with Gasteiger partial charge in [0.15, 0.2) is 5.41 Å². The van der Waals surface area contributed by atoms with Gasteiger partial charge in [0.05, 0.1) is 13.2 Å². The molecule has 0 radical (unpaired) electrons. The fourth-order valence-electron chi connectivity index (χ4n) is 1.39. The van der Waals surface area contributed by atoms with E-state index in [1.807, 2.05) is 36.4 Å². The van der Waals surface area contributed by atoms with Gasteiger partial charge in [0.25, 0.3) is 0 Å². The highest BCUT2D eigenvalue weighted by molar-refractivity contribution is 5.79. The lowest BCUT2D eigenvalue weighted by Crippen LogP contribution is -2.29. The minimum atomic E-state index is -1.10. The third-order valence-corrected chi connectivity index (χ3v) is 2.28. The quantitative estimate of drug-likeness (QED) is 0.705. The minimum absolute atomic E-state index is 0.372. The second-order valence-corrected chi connectivity index (χ2v) is 3.60. The lowest BCUT2D eigenvalue weighted by atomic mass is 9.85. The molecule has 0 unspecified atom stereocenters. The highest BCUT2D eigenvalue weighted by Crippen LogP contribution is 2.23. The third-order valence-electron chi connectivity index (χ3n) is 2.28. The fourth-order valence-corrected chi connectivity index (χ4v) is 1.39. The van der Waals surface area contributed by atoms with E-state index in [9.17, 15) is 4.79 Å². The number of ether oxygens (including phenoxy) is 1. The van der Waals surface area contributed by atoms with Crippen LogP contribution in [0.2, 0.25) is 0 Å². The second-order valence-electron chi connectivity index (χ2n) is 3.60. The summed E-state index contributed by atoms with van der Waals surface area (Å²) in [5, 5.41) is 9.00. The van der Waals surface area contributed by atoms with E-state index in [1.165, 1.54) is 7.11 Å². The molecule has 1 aromatic rings. The average molecular weight is 203 g/mol. The number of hydrogen-bond donors (Lipinski definition) is 0. The van der Waals surface area contributed by atoms with E-state index >= 15 is 0 Å². The van der Waals surface area contributed by atoms with Crippen LogP contribution in [-0.2, 0) is 16.0 Å². The number of rotatable bonds is 3. The summed E-state index contributed by atoms with van der Waals surface area (Å²) in [6, 6.07) is 11.4. The van der Waals surface area contributed by atoms with E-state index in [4.69, 9.17) is 5.26 Å². The Labute approximate surface area is 89.3 Å². The number of nitrogens with zero attached hydrogens (tertiary/aromatic N) is 1. The van der Waals surface area contributed by atoms with Crippen molar-refractivity contribution in [2.45, 2.75) is 13.3 Å². The van der Waals surface area contributed by atoms with Gasteiger partial charge < -0.3 is 4.74 Å². The van der Waals surface area contributed by atoms with Gasteiger partial charge >= 0.3 is 5.97 Å². The van der Waals surface area contributed by atoms with Crippen LogP contribution in [0, 0.1) is 16.7 Å². The normalized spacial score (nSPS) is 13.7. The molecule has 1 atom stereocenters. The summed E-state index contributed by atoms with van der Waals surface area (Å²) in [7, 11) is 1.29. The van der Waals surface area contributed by atoms with Crippen molar-refractivity contribution < 1.29 is 9.53 Å². The van der Waals surface area contributed by atoms with Gasteiger partial charge in [-0.05, 0) is 12.5 Å². The van der Waals surface area contributed by atoms with Gasteiger partial charge in [-0.3, -0.25) is 4.79 Å². The highest BCUT2D eigenvalue weighted by atomic mass is 16.5. The number of carbonyl (C=O) groups excluding carboxylic acids is 1. The maximum atomic E-state index is 11.4. The summed E-state index contributed by atoms with van der Waals surface area (Å²) in [6.07, 6.45) is 0.372. The molecule has 3 nitrogen and oxygen atoms in total. The molecule has 0 bridgehead atoms. The van der Waals surface area contributed by atoms with Crippen molar-refractivity contribution in [3.05, 3.63) is 35.9 Å². The van der Waals surface area contributed by atoms with Crippen molar-refractivity contribution in [2.24, 2.45) is 5.41 Å².